The molecule has 2 aliphatic heterocycles. The highest BCUT2D eigenvalue weighted by molar-refractivity contribution is 7.94. The fourth-order valence-electron chi connectivity index (χ4n) is 2.80. The summed E-state index contributed by atoms with van der Waals surface area (Å²) in [6.07, 6.45) is -0.00565. The average Bonchev–Trinajstić information content (AvgIpc) is 2.81. The van der Waals surface area contributed by atoms with E-state index in [1.807, 2.05) is 6.92 Å². The third-order valence-electron chi connectivity index (χ3n) is 4.06. The molecule has 0 radical (unpaired) electrons. The molecule has 2 fully saturated rings. The SMILES string of the molecule is CC1COCCN1C(=O)c1ccc(N2C(=O)CCS2(=O)=O)cc1. The predicted octanol–water partition coefficient (Wildman–Crippen LogP) is 0.614. The molecular formula is C15H18N2O5S. The molecule has 1 unspecified atom stereocenters. The fraction of sp³-hybridized carbons (Fsp3) is 0.467. The quantitative estimate of drug-likeness (QED) is 0.789. The molecule has 0 saturated carbocycles. The van der Waals surface area contributed by atoms with Crippen molar-refractivity contribution in [3.8, 4) is 0 Å². The fourth-order valence-corrected chi connectivity index (χ4v) is 4.26. The van der Waals surface area contributed by atoms with E-state index in [0.29, 0.717) is 25.3 Å². The van der Waals surface area contributed by atoms with Crippen LogP contribution in [0.2, 0.25) is 0 Å². The second-order valence-corrected chi connectivity index (χ2v) is 7.63. The van der Waals surface area contributed by atoms with E-state index >= 15 is 0 Å². The van der Waals surface area contributed by atoms with Gasteiger partial charge in [-0.3, -0.25) is 9.59 Å². The molecule has 0 aromatic heterocycles. The molecule has 1 atom stereocenters. The van der Waals surface area contributed by atoms with E-state index in [2.05, 4.69) is 0 Å². The topological polar surface area (TPSA) is 84.0 Å². The van der Waals surface area contributed by atoms with Crippen molar-refractivity contribution in [1.82, 2.24) is 4.90 Å². The van der Waals surface area contributed by atoms with E-state index in [-0.39, 0.29) is 29.8 Å². The van der Waals surface area contributed by atoms with Gasteiger partial charge in [-0.05, 0) is 31.2 Å². The highest BCUT2D eigenvalue weighted by Crippen LogP contribution is 2.25. The highest BCUT2D eigenvalue weighted by Gasteiger charge is 2.36. The van der Waals surface area contributed by atoms with Crippen LogP contribution in [0.25, 0.3) is 0 Å². The molecule has 8 heteroatoms. The van der Waals surface area contributed by atoms with Crippen LogP contribution in [0.3, 0.4) is 0 Å². The standard InChI is InChI=1S/C15H18N2O5S/c1-11-10-22-8-7-16(11)15(19)12-2-4-13(5-3-12)17-14(18)6-9-23(17,20)21/h2-5,11H,6-10H2,1H3. The Balaban J connectivity index is 1.82. The number of carbonyl (C=O) groups excluding carboxylic acids is 2. The first kappa shape index (κ1) is 15.9. The molecule has 124 valence electrons. The number of amides is 2. The van der Waals surface area contributed by atoms with Gasteiger partial charge in [-0.2, -0.15) is 0 Å². The lowest BCUT2D eigenvalue weighted by molar-refractivity contribution is -0.116. The molecule has 2 aliphatic rings. The summed E-state index contributed by atoms with van der Waals surface area (Å²) in [5.41, 5.74) is 0.741. The van der Waals surface area contributed by atoms with Crippen molar-refractivity contribution in [3.05, 3.63) is 29.8 Å². The first-order chi connectivity index (χ1) is 10.9. The second-order valence-electron chi connectivity index (χ2n) is 5.69. The Labute approximate surface area is 134 Å². The molecule has 3 rings (SSSR count). The van der Waals surface area contributed by atoms with Crippen LogP contribution in [0.4, 0.5) is 5.69 Å². The number of benzene rings is 1. The Morgan fingerprint density at radius 1 is 1.26 bits per heavy atom. The van der Waals surface area contributed by atoms with Crippen LogP contribution in [0.1, 0.15) is 23.7 Å². The van der Waals surface area contributed by atoms with Gasteiger partial charge in [0.15, 0.2) is 0 Å². The molecule has 0 N–H and O–H groups in total. The van der Waals surface area contributed by atoms with Gasteiger partial charge in [-0.1, -0.05) is 0 Å². The van der Waals surface area contributed by atoms with Crippen LogP contribution in [-0.4, -0.2) is 56.7 Å². The number of rotatable bonds is 2. The van der Waals surface area contributed by atoms with E-state index in [4.69, 9.17) is 4.74 Å². The summed E-state index contributed by atoms with van der Waals surface area (Å²) in [6, 6.07) is 6.11. The van der Waals surface area contributed by atoms with Crippen LogP contribution in [0.5, 0.6) is 0 Å². The summed E-state index contributed by atoms with van der Waals surface area (Å²) in [7, 11) is -3.58. The van der Waals surface area contributed by atoms with E-state index in [1.54, 1.807) is 17.0 Å². The number of nitrogens with zero attached hydrogens (tertiary/aromatic N) is 2. The second kappa shape index (κ2) is 5.93. The Morgan fingerprint density at radius 2 is 1.96 bits per heavy atom. The molecule has 1 aromatic rings. The highest BCUT2D eigenvalue weighted by atomic mass is 32.2. The van der Waals surface area contributed by atoms with Gasteiger partial charge in [0.05, 0.1) is 30.7 Å². The average molecular weight is 338 g/mol. The van der Waals surface area contributed by atoms with Gasteiger partial charge < -0.3 is 9.64 Å². The van der Waals surface area contributed by atoms with E-state index in [9.17, 15) is 18.0 Å². The van der Waals surface area contributed by atoms with Crippen LogP contribution < -0.4 is 4.31 Å². The van der Waals surface area contributed by atoms with Crippen molar-refractivity contribution >= 4 is 27.5 Å². The maximum absolute atomic E-state index is 12.5. The van der Waals surface area contributed by atoms with Gasteiger partial charge in [-0.15, -0.1) is 0 Å². The molecule has 2 amide bonds. The van der Waals surface area contributed by atoms with Crippen LogP contribution in [0.15, 0.2) is 24.3 Å². The molecule has 7 nitrogen and oxygen atoms in total. The zero-order valence-corrected chi connectivity index (χ0v) is 13.6. The third kappa shape index (κ3) is 2.96. The van der Waals surface area contributed by atoms with Gasteiger partial charge in [-0.25, -0.2) is 12.7 Å². The number of hydrogen-bond donors (Lipinski definition) is 0. The smallest absolute Gasteiger partial charge is 0.254 e. The van der Waals surface area contributed by atoms with E-state index in [1.165, 1.54) is 12.1 Å². The van der Waals surface area contributed by atoms with Gasteiger partial charge in [0.1, 0.15) is 0 Å². The monoisotopic (exact) mass is 338 g/mol. The molecule has 0 aliphatic carbocycles. The Kier molecular flexibility index (Phi) is 4.11. The molecule has 23 heavy (non-hydrogen) atoms. The molecule has 0 spiro atoms. The first-order valence-corrected chi connectivity index (χ1v) is 9.06. The Hall–Kier alpha value is -1.93. The Bertz CT molecular complexity index is 729. The lowest BCUT2D eigenvalue weighted by Crippen LogP contribution is -2.47. The summed E-state index contributed by atoms with van der Waals surface area (Å²) >= 11 is 0. The van der Waals surface area contributed by atoms with Crippen LogP contribution in [-0.2, 0) is 19.6 Å². The van der Waals surface area contributed by atoms with Gasteiger partial charge in [0.25, 0.3) is 5.91 Å². The summed E-state index contributed by atoms with van der Waals surface area (Å²) in [4.78, 5) is 26.0. The minimum atomic E-state index is -3.58. The molecule has 2 heterocycles. The summed E-state index contributed by atoms with van der Waals surface area (Å²) in [6.45, 7) is 3.46. The van der Waals surface area contributed by atoms with Crippen molar-refractivity contribution in [2.45, 2.75) is 19.4 Å². The summed E-state index contributed by atoms with van der Waals surface area (Å²) in [5.74, 6) is -0.730. The summed E-state index contributed by atoms with van der Waals surface area (Å²) < 4.78 is 29.9. The normalized spacial score (nSPS) is 24.0. The zero-order chi connectivity index (χ0) is 16.6. The van der Waals surface area contributed by atoms with Gasteiger partial charge in [0, 0.05) is 18.5 Å². The van der Waals surface area contributed by atoms with Gasteiger partial charge >= 0.3 is 0 Å². The van der Waals surface area contributed by atoms with Crippen molar-refractivity contribution in [3.63, 3.8) is 0 Å². The molecule has 2 saturated heterocycles. The van der Waals surface area contributed by atoms with E-state index < -0.39 is 15.9 Å². The maximum atomic E-state index is 12.5. The minimum Gasteiger partial charge on any atom is -0.377 e. The first-order valence-electron chi connectivity index (χ1n) is 7.45. The zero-order valence-electron chi connectivity index (χ0n) is 12.8. The predicted molar refractivity (Wildman–Crippen MR) is 83.6 cm³/mol. The van der Waals surface area contributed by atoms with Crippen molar-refractivity contribution in [2.24, 2.45) is 0 Å². The third-order valence-corrected chi connectivity index (χ3v) is 5.75. The van der Waals surface area contributed by atoms with Crippen LogP contribution in [0, 0.1) is 0 Å². The number of ether oxygens (including phenoxy) is 1. The number of anilines is 1. The Morgan fingerprint density at radius 3 is 2.52 bits per heavy atom. The maximum Gasteiger partial charge on any atom is 0.254 e. The summed E-state index contributed by atoms with van der Waals surface area (Å²) in [5, 5.41) is 0. The lowest BCUT2D eigenvalue weighted by atomic mass is 10.1. The van der Waals surface area contributed by atoms with Crippen molar-refractivity contribution in [2.75, 3.05) is 29.8 Å². The number of sulfonamides is 1. The largest absolute Gasteiger partial charge is 0.377 e. The number of hydrogen-bond acceptors (Lipinski definition) is 5. The van der Waals surface area contributed by atoms with Crippen LogP contribution >= 0.6 is 0 Å². The minimum absolute atomic E-state index is 0.00327. The van der Waals surface area contributed by atoms with Gasteiger partial charge in [0.2, 0.25) is 15.9 Å². The molecular weight excluding hydrogens is 320 g/mol. The van der Waals surface area contributed by atoms with E-state index in [0.717, 1.165) is 4.31 Å². The molecule has 1 aromatic carbocycles. The number of carbonyl (C=O) groups is 2. The van der Waals surface area contributed by atoms with Crippen molar-refractivity contribution < 1.29 is 22.7 Å². The van der Waals surface area contributed by atoms with Crippen molar-refractivity contribution in [1.29, 1.82) is 0 Å². The number of morpholine rings is 1. The molecule has 0 bridgehead atoms. The lowest BCUT2D eigenvalue weighted by Gasteiger charge is -2.33.